The van der Waals surface area contributed by atoms with E-state index in [-0.39, 0.29) is 17.6 Å². The van der Waals surface area contributed by atoms with Crippen LogP contribution in [0.2, 0.25) is 0 Å². The molecule has 0 bridgehead atoms. The molecule has 0 aliphatic carbocycles. The fourth-order valence-electron chi connectivity index (χ4n) is 4.12. The molecule has 2 aromatic carbocycles. The molecular weight excluding hydrogens is 404 g/mol. The minimum Gasteiger partial charge on any atom is -0.487 e. The quantitative estimate of drug-likeness (QED) is 0.498. The highest BCUT2D eigenvalue weighted by molar-refractivity contribution is 5.90. The van der Waals surface area contributed by atoms with Gasteiger partial charge in [0.05, 0.1) is 12.5 Å². The first-order valence-electron chi connectivity index (χ1n) is 11.1. The van der Waals surface area contributed by atoms with E-state index < -0.39 is 5.97 Å². The van der Waals surface area contributed by atoms with Crippen molar-refractivity contribution in [2.45, 2.75) is 26.3 Å². The average molecular weight is 437 g/mol. The van der Waals surface area contributed by atoms with Crippen molar-refractivity contribution in [2.75, 3.05) is 33.8 Å². The first-order valence-corrected chi connectivity index (χ1v) is 11.1. The summed E-state index contributed by atoms with van der Waals surface area (Å²) in [7, 11) is 3.95. The van der Waals surface area contributed by atoms with Crippen molar-refractivity contribution < 1.29 is 19.4 Å². The lowest BCUT2D eigenvalue weighted by Gasteiger charge is -2.31. The van der Waals surface area contributed by atoms with E-state index in [1.807, 2.05) is 54.4 Å². The van der Waals surface area contributed by atoms with Crippen molar-refractivity contribution in [1.82, 2.24) is 9.80 Å². The van der Waals surface area contributed by atoms with Gasteiger partial charge in [0.1, 0.15) is 0 Å². The molecule has 0 saturated carbocycles. The molecule has 1 fully saturated rings. The third-order valence-corrected chi connectivity index (χ3v) is 5.75. The molecule has 1 saturated heterocycles. The molecule has 32 heavy (non-hydrogen) atoms. The zero-order chi connectivity index (χ0) is 23.1. The van der Waals surface area contributed by atoms with Crippen molar-refractivity contribution in [3.63, 3.8) is 0 Å². The van der Waals surface area contributed by atoms with Crippen LogP contribution in [0, 0.1) is 5.92 Å². The maximum absolute atomic E-state index is 12.9. The fourth-order valence-corrected chi connectivity index (χ4v) is 4.12. The first kappa shape index (κ1) is 23.5. The summed E-state index contributed by atoms with van der Waals surface area (Å²) < 4.78 is 5.17. The van der Waals surface area contributed by atoms with Crippen LogP contribution in [-0.4, -0.2) is 60.6 Å². The smallest absolute Gasteiger partial charge is 0.371 e. The monoisotopic (exact) mass is 436 g/mol. The topological polar surface area (TPSA) is 70.1 Å². The van der Waals surface area contributed by atoms with Crippen LogP contribution in [0.3, 0.4) is 0 Å². The maximum atomic E-state index is 12.9. The largest absolute Gasteiger partial charge is 0.487 e. The highest BCUT2D eigenvalue weighted by Crippen LogP contribution is 2.23. The van der Waals surface area contributed by atoms with Crippen LogP contribution in [0.1, 0.15) is 30.9 Å². The Balaban J connectivity index is 1.69. The van der Waals surface area contributed by atoms with Gasteiger partial charge in [-0.3, -0.25) is 4.79 Å². The molecule has 1 aliphatic heterocycles. The number of rotatable bonds is 8. The van der Waals surface area contributed by atoms with Crippen LogP contribution >= 0.6 is 0 Å². The summed E-state index contributed by atoms with van der Waals surface area (Å²) in [5.41, 5.74) is 3.93. The molecule has 1 heterocycles. The summed E-state index contributed by atoms with van der Waals surface area (Å²) in [6.45, 7) is 4.52. The summed E-state index contributed by atoms with van der Waals surface area (Å²) in [5, 5.41) is 9.21. The minimum atomic E-state index is -1.08. The van der Waals surface area contributed by atoms with E-state index in [0.29, 0.717) is 13.2 Å². The third-order valence-electron chi connectivity index (χ3n) is 5.75. The number of carbonyl (C=O) groups is 2. The Kier molecular flexibility index (Phi) is 8.06. The normalized spacial score (nSPS) is 17.1. The maximum Gasteiger partial charge on any atom is 0.371 e. The molecule has 0 spiro atoms. The van der Waals surface area contributed by atoms with Gasteiger partial charge in [-0.1, -0.05) is 42.5 Å². The van der Waals surface area contributed by atoms with Crippen molar-refractivity contribution in [1.29, 1.82) is 0 Å². The molecule has 6 heteroatoms. The molecule has 1 aliphatic rings. The van der Waals surface area contributed by atoms with Crippen LogP contribution in [0.25, 0.3) is 17.2 Å². The summed E-state index contributed by atoms with van der Waals surface area (Å²) in [6.07, 6.45) is 3.55. The number of ether oxygens (including phenoxy) is 1. The fraction of sp³-hybridized carbons (Fsp3) is 0.385. The molecule has 1 amide bonds. The van der Waals surface area contributed by atoms with Gasteiger partial charge in [-0.2, -0.15) is 0 Å². The second kappa shape index (κ2) is 11.0. The Morgan fingerprint density at radius 1 is 1.19 bits per heavy atom. The van der Waals surface area contributed by atoms with E-state index >= 15 is 0 Å². The number of aliphatic carboxylic acids is 1. The summed E-state index contributed by atoms with van der Waals surface area (Å²) >= 11 is 0. The highest BCUT2D eigenvalue weighted by Gasteiger charge is 2.26. The Morgan fingerprint density at radius 3 is 2.59 bits per heavy atom. The van der Waals surface area contributed by atoms with Crippen LogP contribution in [-0.2, 0) is 20.9 Å². The number of carbonyl (C=O) groups excluding carboxylic acids is 1. The summed E-state index contributed by atoms with van der Waals surface area (Å²) in [4.78, 5) is 28.2. The van der Waals surface area contributed by atoms with Gasteiger partial charge in [0.2, 0.25) is 11.7 Å². The molecule has 1 atom stereocenters. The van der Waals surface area contributed by atoms with Gasteiger partial charge in [0.15, 0.2) is 0 Å². The van der Waals surface area contributed by atoms with Gasteiger partial charge < -0.3 is 19.6 Å². The van der Waals surface area contributed by atoms with Crippen molar-refractivity contribution >= 4 is 18.0 Å². The van der Waals surface area contributed by atoms with Crippen LogP contribution < -0.4 is 0 Å². The van der Waals surface area contributed by atoms with Crippen molar-refractivity contribution in [3.8, 4) is 11.1 Å². The van der Waals surface area contributed by atoms with E-state index in [1.165, 1.54) is 6.08 Å². The number of amides is 1. The average Bonchev–Trinajstić information content (AvgIpc) is 2.79. The second-order valence-corrected chi connectivity index (χ2v) is 8.36. The molecular formula is C26H32N2O4. The molecule has 1 N–H and O–H groups in total. The molecule has 0 aromatic heterocycles. The number of carboxylic acids is 1. The Bertz CT molecular complexity index is 968. The zero-order valence-electron chi connectivity index (χ0n) is 19.1. The predicted molar refractivity (Wildman–Crippen MR) is 126 cm³/mol. The molecule has 170 valence electrons. The Labute approximate surface area is 190 Å². The second-order valence-electron chi connectivity index (χ2n) is 8.36. The minimum absolute atomic E-state index is 0.0703. The number of benzene rings is 2. The number of nitrogens with zero attached hydrogens (tertiary/aromatic N) is 2. The lowest BCUT2D eigenvalue weighted by Crippen LogP contribution is -2.41. The van der Waals surface area contributed by atoms with Crippen LogP contribution in [0.5, 0.6) is 0 Å². The number of likely N-dealkylation sites (tertiary alicyclic amines) is 1. The molecule has 3 rings (SSSR count). The van der Waals surface area contributed by atoms with E-state index in [0.717, 1.165) is 48.2 Å². The molecule has 0 radical (unpaired) electrons. The molecule has 6 nitrogen and oxygen atoms in total. The zero-order valence-corrected chi connectivity index (χ0v) is 19.1. The van der Waals surface area contributed by atoms with E-state index in [1.54, 1.807) is 6.92 Å². The van der Waals surface area contributed by atoms with Gasteiger partial charge in [0.25, 0.3) is 0 Å². The number of hydrogen-bond donors (Lipinski definition) is 1. The lowest BCUT2D eigenvalue weighted by molar-refractivity contribution is -0.137. The highest BCUT2D eigenvalue weighted by atomic mass is 16.5. The van der Waals surface area contributed by atoms with Crippen LogP contribution in [0.4, 0.5) is 0 Å². The summed E-state index contributed by atoms with van der Waals surface area (Å²) in [6, 6.07) is 15.9. The molecule has 1 unspecified atom stereocenters. The standard InChI is InChI=1S/C26H32N2O4/c1-4-32-24(26(30)31)16-19-10-12-21(13-11-19)22-8-5-7-20(15-22)17-28(3)25(29)23-9-6-14-27(2)18-23/h5,7-8,10-13,15-16,23H,4,6,9,14,17-18H2,1-3H3,(H,30,31)/b24-16-. The summed E-state index contributed by atoms with van der Waals surface area (Å²) in [5.74, 6) is -0.863. The van der Waals surface area contributed by atoms with Gasteiger partial charge >= 0.3 is 5.97 Å². The van der Waals surface area contributed by atoms with E-state index in [2.05, 4.69) is 18.0 Å². The SMILES string of the molecule is CCO/C(=C\c1ccc(-c2cccc(CN(C)C(=O)C3CCCN(C)C3)c2)cc1)C(=O)O. The molecule has 2 aromatic rings. The third kappa shape index (κ3) is 6.20. The number of hydrogen-bond acceptors (Lipinski definition) is 4. The van der Waals surface area contributed by atoms with Crippen LogP contribution in [0.15, 0.2) is 54.3 Å². The van der Waals surface area contributed by atoms with Gasteiger partial charge in [0, 0.05) is 20.1 Å². The van der Waals surface area contributed by atoms with Crippen molar-refractivity contribution in [3.05, 3.63) is 65.4 Å². The first-order chi connectivity index (χ1) is 15.4. The Morgan fingerprint density at radius 2 is 1.94 bits per heavy atom. The van der Waals surface area contributed by atoms with E-state index in [4.69, 9.17) is 4.74 Å². The number of carboxylic acid groups (broad SMARTS) is 1. The van der Waals surface area contributed by atoms with Gasteiger partial charge in [-0.15, -0.1) is 0 Å². The van der Waals surface area contributed by atoms with Crippen molar-refractivity contribution in [2.24, 2.45) is 5.92 Å². The van der Waals surface area contributed by atoms with Gasteiger partial charge in [-0.25, -0.2) is 4.79 Å². The van der Waals surface area contributed by atoms with Gasteiger partial charge in [-0.05, 0) is 67.8 Å². The Hall–Kier alpha value is -3.12. The van der Waals surface area contributed by atoms with E-state index in [9.17, 15) is 14.7 Å². The predicted octanol–water partition coefficient (Wildman–Crippen LogP) is 4.12. The lowest BCUT2D eigenvalue weighted by atomic mass is 9.96. The number of piperidine rings is 1.